The molecule has 5 heteroatoms. The lowest BCUT2D eigenvalue weighted by Crippen LogP contribution is -1.88. The highest BCUT2D eigenvalue weighted by Gasteiger charge is 2.02. The smallest absolute Gasteiger partial charge is 0.144 e. The fraction of sp³-hybridized carbons (Fsp3) is 0.125. The summed E-state index contributed by atoms with van der Waals surface area (Å²) in [5, 5.41) is 0.877. The molecule has 0 fully saturated rings. The molecule has 0 saturated heterocycles. The van der Waals surface area contributed by atoms with E-state index >= 15 is 0 Å². The van der Waals surface area contributed by atoms with Crippen LogP contribution in [0.4, 0.5) is 0 Å². The summed E-state index contributed by atoms with van der Waals surface area (Å²) in [4.78, 5) is 6.98. The maximum Gasteiger partial charge on any atom is 0.144 e. The van der Waals surface area contributed by atoms with Gasteiger partial charge in [0.1, 0.15) is 16.4 Å². The number of nitrogens with one attached hydrogen (secondary N) is 1. The van der Waals surface area contributed by atoms with Crippen molar-refractivity contribution in [3.8, 4) is 0 Å². The molecule has 0 saturated carbocycles. The van der Waals surface area contributed by atoms with Crippen molar-refractivity contribution in [2.45, 2.75) is 5.75 Å². The number of fused-ring (bicyclic) bond motifs is 1. The first-order chi connectivity index (χ1) is 6.27. The summed E-state index contributed by atoms with van der Waals surface area (Å²) >= 11 is 0. The third-order valence-corrected chi connectivity index (χ3v) is 2.45. The van der Waals surface area contributed by atoms with Crippen molar-refractivity contribution in [1.29, 1.82) is 0 Å². The third-order valence-electron chi connectivity index (χ3n) is 1.85. The van der Waals surface area contributed by atoms with E-state index in [2.05, 4.69) is 9.97 Å². The number of rotatable bonds is 2. The molecular weight excluding hydrogens is 188 g/mol. The average molecular weight is 196 g/mol. The van der Waals surface area contributed by atoms with Crippen LogP contribution in [0.2, 0.25) is 0 Å². The molecule has 1 N–H and O–H groups in total. The Morgan fingerprint density at radius 2 is 2.23 bits per heavy atom. The van der Waals surface area contributed by atoms with E-state index in [4.69, 9.17) is 0 Å². The monoisotopic (exact) mass is 196 g/mol. The van der Waals surface area contributed by atoms with Gasteiger partial charge in [-0.25, -0.2) is 13.4 Å². The SMILES string of the molecule is O=[SH](=O)Cc1ccnc2[nH]ccc12. The standard InChI is InChI=1S/C8H8N2O2S/c11-13(12)5-6-1-3-9-8-7(6)2-4-10-8/h1-4,13H,5H2,(H,9,10). The molecule has 0 spiro atoms. The van der Waals surface area contributed by atoms with E-state index in [-0.39, 0.29) is 5.75 Å². The molecule has 2 aromatic heterocycles. The molecule has 0 aliphatic rings. The Bertz CT molecular complexity index is 494. The zero-order valence-electron chi connectivity index (χ0n) is 6.73. The van der Waals surface area contributed by atoms with E-state index in [0.29, 0.717) is 0 Å². The maximum absolute atomic E-state index is 10.5. The number of aromatic nitrogens is 2. The van der Waals surface area contributed by atoms with Gasteiger partial charge in [-0.05, 0) is 17.7 Å². The zero-order chi connectivity index (χ0) is 9.26. The molecule has 0 aromatic carbocycles. The van der Waals surface area contributed by atoms with E-state index < -0.39 is 10.7 Å². The first-order valence-corrected chi connectivity index (χ1v) is 5.16. The number of H-pyrrole nitrogens is 1. The van der Waals surface area contributed by atoms with Crippen molar-refractivity contribution >= 4 is 21.7 Å². The molecule has 2 heterocycles. The Labute approximate surface area is 76.6 Å². The Hall–Kier alpha value is -1.36. The second kappa shape index (κ2) is 3.18. The van der Waals surface area contributed by atoms with Crippen molar-refractivity contribution in [2.24, 2.45) is 0 Å². The van der Waals surface area contributed by atoms with Crippen LogP contribution >= 0.6 is 0 Å². The molecule has 0 amide bonds. The van der Waals surface area contributed by atoms with Crippen LogP contribution in [-0.2, 0) is 16.5 Å². The topological polar surface area (TPSA) is 62.8 Å². The normalized spacial score (nSPS) is 11.2. The number of nitrogens with zero attached hydrogens (tertiary/aromatic N) is 1. The van der Waals surface area contributed by atoms with Gasteiger partial charge in [0.2, 0.25) is 0 Å². The molecule has 13 heavy (non-hydrogen) atoms. The van der Waals surface area contributed by atoms with Crippen molar-refractivity contribution < 1.29 is 8.42 Å². The van der Waals surface area contributed by atoms with E-state index in [0.717, 1.165) is 16.6 Å². The molecule has 68 valence electrons. The van der Waals surface area contributed by atoms with Crippen LogP contribution in [0, 0.1) is 0 Å². The van der Waals surface area contributed by atoms with Crippen LogP contribution in [0.5, 0.6) is 0 Å². The van der Waals surface area contributed by atoms with E-state index in [1.54, 1.807) is 18.5 Å². The Morgan fingerprint density at radius 3 is 3.00 bits per heavy atom. The summed E-state index contributed by atoms with van der Waals surface area (Å²) < 4.78 is 21.1. The van der Waals surface area contributed by atoms with Gasteiger partial charge in [-0.3, -0.25) is 0 Å². The molecule has 0 radical (unpaired) electrons. The fourth-order valence-electron chi connectivity index (χ4n) is 1.30. The van der Waals surface area contributed by atoms with Crippen LogP contribution in [0.15, 0.2) is 24.5 Å². The van der Waals surface area contributed by atoms with Crippen LogP contribution in [-0.4, -0.2) is 18.4 Å². The van der Waals surface area contributed by atoms with E-state index in [1.165, 1.54) is 0 Å². The molecule has 0 unspecified atom stereocenters. The molecule has 0 aliphatic carbocycles. The summed E-state index contributed by atoms with van der Waals surface area (Å²) in [6.45, 7) is 0. The number of aromatic amines is 1. The highest BCUT2D eigenvalue weighted by Crippen LogP contribution is 2.15. The minimum atomic E-state index is -2.37. The summed E-state index contributed by atoms with van der Waals surface area (Å²) in [5.74, 6) is 0.0756. The maximum atomic E-state index is 10.5. The second-order valence-corrected chi connectivity index (χ2v) is 3.68. The lowest BCUT2D eigenvalue weighted by Gasteiger charge is -1.95. The van der Waals surface area contributed by atoms with Gasteiger partial charge in [-0.2, -0.15) is 0 Å². The first-order valence-electron chi connectivity index (χ1n) is 3.80. The van der Waals surface area contributed by atoms with Gasteiger partial charge in [0.25, 0.3) is 0 Å². The third kappa shape index (κ3) is 1.55. The van der Waals surface area contributed by atoms with E-state index in [9.17, 15) is 8.42 Å². The Kier molecular flexibility index (Phi) is 2.02. The molecule has 2 aromatic rings. The van der Waals surface area contributed by atoms with E-state index in [1.807, 2.05) is 6.07 Å². The summed E-state index contributed by atoms with van der Waals surface area (Å²) in [7, 11) is -2.37. The molecule has 0 bridgehead atoms. The number of pyridine rings is 1. The van der Waals surface area contributed by atoms with Gasteiger partial charge < -0.3 is 4.98 Å². The lowest BCUT2D eigenvalue weighted by molar-refractivity contribution is 0.614. The van der Waals surface area contributed by atoms with Crippen molar-refractivity contribution in [1.82, 2.24) is 9.97 Å². The van der Waals surface area contributed by atoms with Gasteiger partial charge in [0, 0.05) is 17.8 Å². The fourth-order valence-corrected chi connectivity index (χ4v) is 1.85. The highest BCUT2D eigenvalue weighted by atomic mass is 32.2. The van der Waals surface area contributed by atoms with Crippen molar-refractivity contribution in [3.05, 3.63) is 30.1 Å². The zero-order valence-corrected chi connectivity index (χ0v) is 7.62. The predicted octanol–water partition coefficient (Wildman–Crippen LogP) is 0.674. The van der Waals surface area contributed by atoms with Gasteiger partial charge >= 0.3 is 0 Å². The van der Waals surface area contributed by atoms with Crippen LogP contribution in [0.1, 0.15) is 5.56 Å². The minimum absolute atomic E-state index is 0.0756. The van der Waals surface area contributed by atoms with Gasteiger partial charge in [-0.15, -0.1) is 0 Å². The predicted molar refractivity (Wildman–Crippen MR) is 50.1 cm³/mol. The summed E-state index contributed by atoms with van der Waals surface area (Å²) in [6.07, 6.45) is 3.35. The second-order valence-electron chi connectivity index (χ2n) is 2.70. The highest BCUT2D eigenvalue weighted by molar-refractivity contribution is 7.71. The number of hydrogen-bond donors (Lipinski definition) is 2. The quantitative estimate of drug-likeness (QED) is 0.694. The first kappa shape index (κ1) is 8.25. The Balaban J connectivity index is 2.60. The van der Waals surface area contributed by atoms with Gasteiger partial charge in [-0.1, -0.05) is 0 Å². The average Bonchev–Trinajstić information content (AvgIpc) is 2.51. The van der Waals surface area contributed by atoms with Gasteiger partial charge in [0.05, 0.1) is 5.75 Å². The largest absolute Gasteiger partial charge is 0.346 e. The molecule has 0 atom stereocenters. The van der Waals surface area contributed by atoms with Gasteiger partial charge in [0.15, 0.2) is 0 Å². The molecule has 0 aliphatic heterocycles. The Morgan fingerprint density at radius 1 is 1.38 bits per heavy atom. The lowest BCUT2D eigenvalue weighted by atomic mass is 10.2. The van der Waals surface area contributed by atoms with Crippen molar-refractivity contribution in [2.75, 3.05) is 0 Å². The summed E-state index contributed by atoms with van der Waals surface area (Å²) in [5.41, 5.74) is 1.52. The molecule has 2 rings (SSSR count). The number of thiol groups is 1. The summed E-state index contributed by atoms with van der Waals surface area (Å²) in [6, 6.07) is 3.55. The van der Waals surface area contributed by atoms with Crippen LogP contribution in [0.25, 0.3) is 11.0 Å². The molecular formula is C8H8N2O2S. The molecule has 4 nitrogen and oxygen atoms in total. The van der Waals surface area contributed by atoms with Crippen molar-refractivity contribution in [3.63, 3.8) is 0 Å². The van der Waals surface area contributed by atoms with Crippen LogP contribution < -0.4 is 0 Å². The number of hydrogen-bond acceptors (Lipinski definition) is 3. The minimum Gasteiger partial charge on any atom is -0.346 e. The van der Waals surface area contributed by atoms with Crippen LogP contribution in [0.3, 0.4) is 0 Å².